The normalized spacial score (nSPS) is 11.6. The van der Waals surface area contributed by atoms with Crippen molar-refractivity contribution in [2.24, 2.45) is 0 Å². The molecule has 0 unspecified atom stereocenters. The first-order valence-electron chi connectivity index (χ1n) is 8.92. The molecule has 1 aromatic heterocycles. The first kappa shape index (κ1) is 20.4. The van der Waals surface area contributed by atoms with Gasteiger partial charge in [0.15, 0.2) is 0 Å². The summed E-state index contributed by atoms with van der Waals surface area (Å²) in [4.78, 5) is 24.2. The van der Waals surface area contributed by atoms with E-state index in [0.717, 1.165) is 11.1 Å². The zero-order valence-corrected chi connectivity index (χ0v) is 16.7. The molecule has 2 amide bonds. The Morgan fingerprint density at radius 3 is 2.45 bits per heavy atom. The molecule has 0 aliphatic rings. The topological polar surface area (TPSA) is 93.5 Å². The van der Waals surface area contributed by atoms with Gasteiger partial charge in [-0.2, -0.15) is 0 Å². The summed E-state index contributed by atoms with van der Waals surface area (Å²) in [5.74, 6) is -0.260. The predicted octanol–water partition coefficient (Wildman–Crippen LogP) is 4.88. The standard InChI is InChI=1S/C21H20ClN3O4/c1-13(23-20(26)19-12-29-25-14(19)2)16-5-9-18(10-6-16)24-21(27)28-11-15-3-7-17(22)8-4-15/h3-10,12-13H,11H2,1-2H3,(H,23,26)(H,24,27)/t13-/m0/s1. The van der Waals surface area contributed by atoms with E-state index in [1.807, 2.05) is 19.1 Å². The van der Waals surface area contributed by atoms with Crippen LogP contribution in [0.15, 0.2) is 59.3 Å². The lowest BCUT2D eigenvalue weighted by Gasteiger charge is -2.14. The van der Waals surface area contributed by atoms with Gasteiger partial charge in [-0.1, -0.05) is 41.0 Å². The molecule has 1 heterocycles. The Kier molecular flexibility index (Phi) is 6.51. The van der Waals surface area contributed by atoms with Gasteiger partial charge in [-0.3, -0.25) is 10.1 Å². The molecular weight excluding hydrogens is 394 g/mol. The minimum absolute atomic E-state index is 0.145. The predicted molar refractivity (Wildman–Crippen MR) is 109 cm³/mol. The van der Waals surface area contributed by atoms with Gasteiger partial charge in [-0.15, -0.1) is 0 Å². The van der Waals surface area contributed by atoms with Crippen LogP contribution in [0.3, 0.4) is 0 Å². The molecule has 2 N–H and O–H groups in total. The highest BCUT2D eigenvalue weighted by Crippen LogP contribution is 2.18. The Morgan fingerprint density at radius 1 is 1.14 bits per heavy atom. The first-order valence-corrected chi connectivity index (χ1v) is 9.30. The van der Waals surface area contributed by atoms with Crippen molar-refractivity contribution < 1.29 is 18.8 Å². The van der Waals surface area contributed by atoms with Gasteiger partial charge in [0.2, 0.25) is 0 Å². The second-order valence-electron chi connectivity index (χ2n) is 6.46. The summed E-state index contributed by atoms with van der Waals surface area (Å²) < 4.78 is 9.98. The lowest BCUT2D eigenvalue weighted by Crippen LogP contribution is -2.26. The summed E-state index contributed by atoms with van der Waals surface area (Å²) in [5.41, 5.74) is 3.24. The van der Waals surface area contributed by atoms with E-state index in [2.05, 4.69) is 15.8 Å². The average Bonchev–Trinajstić information content (AvgIpc) is 3.14. The van der Waals surface area contributed by atoms with Crippen LogP contribution in [0.4, 0.5) is 10.5 Å². The lowest BCUT2D eigenvalue weighted by atomic mass is 10.1. The van der Waals surface area contributed by atoms with Crippen LogP contribution in [-0.2, 0) is 11.3 Å². The van der Waals surface area contributed by atoms with E-state index < -0.39 is 6.09 Å². The molecule has 3 aromatic rings. The molecule has 0 spiro atoms. The smallest absolute Gasteiger partial charge is 0.411 e. The van der Waals surface area contributed by atoms with Crippen LogP contribution >= 0.6 is 11.6 Å². The third-order valence-corrected chi connectivity index (χ3v) is 4.53. The number of halogens is 1. The van der Waals surface area contributed by atoms with Crippen molar-refractivity contribution in [3.63, 3.8) is 0 Å². The molecule has 150 valence electrons. The van der Waals surface area contributed by atoms with Crippen molar-refractivity contribution in [1.29, 1.82) is 0 Å². The number of anilines is 1. The van der Waals surface area contributed by atoms with Crippen molar-refractivity contribution in [1.82, 2.24) is 10.5 Å². The summed E-state index contributed by atoms with van der Waals surface area (Å²) in [6.45, 7) is 3.71. The highest BCUT2D eigenvalue weighted by atomic mass is 35.5. The third-order valence-electron chi connectivity index (χ3n) is 4.28. The molecule has 0 aliphatic carbocycles. The number of nitrogens with zero attached hydrogens (tertiary/aromatic N) is 1. The van der Waals surface area contributed by atoms with E-state index in [9.17, 15) is 9.59 Å². The molecule has 0 saturated carbocycles. The number of ether oxygens (including phenoxy) is 1. The summed E-state index contributed by atoms with van der Waals surface area (Å²) in [6.07, 6.45) is 0.761. The van der Waals surface area contributed by atoms with Crippen LogP contribution in [0.2, 0.25) is 5.02 Å². The molecular formula is C21H20ClN3O4. The number of rotatable bonds is 6. The van der Waals surface area contributed by atoms with Crippen molar-refractivity contribution >= 4 is 29.3 Å². The fourth-order valence-corrected chi connectivity index (χ4v) is 2.73. The quantitative estimate of drug-likeness (QED) is 0.600. The number of amides is 2. The van der Waals surface area contributed by atoms with E-state index in [0.29, 0.717) is 22.0 Å². The molecule has 0 radical (unpaired) electrons. The van der Waals surface area contributed by atoms with Crippen LogP contribution in [-0.4, -0.2) is 17.2 Å². The third kappa shape index (κ3) is 5.58. The number of benzene rings is 2. The Balaban J connectivity index is 1.51. The highest BCUT2D eigenvalue weighted by Gasteiger charge is 2.16. The second-order valence-corrected chi connectivity index (χ2v) is 6.89. The number of aromatic nitrogens is 1. The minimum atomic E-state index is -0.558. The number of hydrogen-bond donors (Lipinski definition) is 2. The summed E-state index contributed by atoms with van der Waals surface area (Å²) in [6, 6.07) is 14.0. The van der Waals surface area contributed by atoms with Gasteiger partial charge in [0.1, 0.15) is 18.4 Å². The largest absolute Gasteiger partial charge is 0.444 e. The zero-order valence-electron chi connectivity index (χ0n) is 15.9. The van der Waals surface area contributed by atoms with Crippen LogP contribution in [0, 0.1) is 6.92 Å². The fraction of sp³-hybridized carbons (Fsp3) is 0.190. The number of carbonyl (C=O) groups is 2. The number of aryl methyl sites for hydroxylation is 1. The molecule has 0 saturated heterocycles. The molecule has 2 aromatic carbocycles. The number of nitrogens with one attached hydrogen (secondary N) is 2. The molecule has 3 rings (SSSR count). The molecule has 1 atom stereocenters. The van der Waals surface area contributed by atoms with E-state index >= 15 is 0 Å². The van der Waals surface area contributed by atoms with Crippen LogP contribution in [0.25, 0.3) is 0 Å². The highest BCUT2D eigenvalue weighted by molar-refractivity contribution is 6.30. The molecule has 29 heavy (non-hydrogen) atoms. The Morgan fingerprint density at radius 2 is 1.83 bits per heavy atom. The summed E-state index contributed by atoms with van der Waals surface area (Å²) >= 11 is 5.83. The Hall–Kier alpha value is -3.32. The van der Waals surface area contributed by atoms with Gasteiger partial charge in [-0.05, 0) is 49.2 Å². The van der Waals surface area contributed by atoms with Gasteiger partial charge in [0, 0.05) is 10.7 Å². The van der Waals surface area contributed by atoms with Crippen LogP contribution in [0.5, 0.6) is 0 Å². The molecule has 8 heteroatoms. The zero-order chi connectivity index (χ0) is 20.8. The number of hydrogen-bond acceptors (Lipinski definition) is 5. The lowest BCUT2D eigenvalue weighted by molar-refractivity contribution is 0.0938. The maximum atomic E-state index is 12.2. The minimum Gasteiger partial charge on any atom is -0.444 e. The van der Waals surface area contributed by atoms with Gasteiger partial charge >= 0.3 is 6.09 Å². The molecule has 0 bridgehead atoms. The van der Waals surface area contributed by atoms with Crippen molar-refractivity contribution in [3.8, 4) is 0 Å². The summed E-state index contributed by atoms with van der Waals surface area (Å²) in [7, 11) is 0. The molecule has 0 aliphatic heterocycles. The first-order chi connectivity index (χ1) is 13.9. The van der Waals surface area contributed by atoms with Gasteiger partial charge in [-0.25, -0.2) is 4.79 Å². The van der Waals surface area contributed by atoms with Crippen molar-refractivity contribution in [2.75, 3.05) is 5.32 Å². The monoisotopic (exact) mass is 413 g/mol. The van der Waals surface area contributed by atoms with E-state index in [1.165, 1.54) is 6.26 Å². The van der Waals surface area contributed by atoms with Crippen molar-refractivity contribution in [3.05, 3.63) is 82.2 Å². The van der Waals surface area contributed by atoms with Gasteiger partial charge in [0.05, 0.1) is 11.7 Å². The second kappa shape index (κ2) is 9.25. The maximum absolute atomic E-state index is 12.2. The van der Waals surface area contributed by atoms with Gasteiger partial charge < -0.3 is 14.6 Å². The van der Waals surface area contributed by atoms with Crippen molar-refractivity contribution in [2.45, 2.75) is 26.5 Å². The van der Waals surface area contributed by atoms with E-state index in [4.69, 9.17) is 20.9 Å². The average molecular weight is 414 g/mol. The maximum Gasteiger partial charge on any atom is 0.411 e. The number of carbonyl (C=O) groups excluding carboxylic acids is 2. The fourth-order valence-electron chi connectivity index (χ4n) is 2.61. The SMILES string of the molecule is Cc1nocc1C(=O)N[C@@H](C)c1ccc(NC(=O)OCc2ccc(Cl)cc2)cc1. The van der Waals surface area contributed by atoms with E-state index in [1.54, 1.807) is 43.3 Å². The summed E-state index contributed by atoms with van der Waals surface area (Å²) in [5, 5.41) is 9.87. The van der Waals surface area contributed by atoms with Crippen LogP contribution in [0.1, 0.15) is 40.1 Å². The van der Waals surface area contributed by atoms with Gasteiger partial charge in [0.25, 0.3) is 5.91 Å². The Labute approximate surface area is 173 Å². The Bertz CT molecular complexity index is 984. The van der Waals surface area contributed by atoms with E-state index in [-0.39, 0.29) is 18.6 Å². The van der Waals surface area contributed by atoms with Crippen LogP contribution < -0.4 is 10.6 Å². The molecule has 0 fully saturated rings. The molecule has 7 nitrogen and oxygen atoms in total.